The number of hydrogen-bond acceptors (Lipinski definition) is 5. The summed E-state index contributed by atoms with van der Waals surface area (Å²) < 4.78 is 28.2. The maximum atomic E-state index is 11.8. The highest BCUT2D eigenvalue weighted by atomic mass is 79.9. The standard InChI is InChI=1S/C7H7BrN4O2S2/c1-12-3-6(10-4-12)16(13,14)11-7-9-2-5(8)15-7/h2-4H,1H3,(H,9,11). The van der Waals surface area contributed by atoms with Crippen LogP contribution >= 0.6 is 27.3 Å². The van der Waals surface area contributed by atoms with Gasteiger partial charge in [0.1, 0.15) is 0 Å². The smallest absolute Gasteiger partial charge is 0.282 e. The van der Waals surface area contributed by atoms with Crippen molar-refractivity contribution in [2.75, 3.05) is 4.72 Å². The van der Waals surface area contributed by atoms with Crippen LogP contribution in [0.25, 0.3) is 0 Å². The number of nitrogens with one attached hydrogen (secondary N) is 1. The van der Waals surface area contributed by atoms with E-state index in [2.05, 4.69) is 30.6 Å². The largest absolute Gasteiger partial charge is 0.339 e. The third kappa shape index (κ3) is 2.42. The first-order chi connectivity index (χ1) is 7.47. The zero-order valence-corrected chi connectivity index (χ0v) is 11.3. The van der Waals surface area contributed by atoms with Crippen LogP contribution in [-0.4, -0.2) is 23.0 Å². The second kappa shape index (κ2) is 4.15. The Bertz CT molecular complexity index is 603. The first-order valence-electron chi connectivity index (χ1n) is 4.09. The fraction of sp³-hybridized carbons (Fsp3) is 0.143. The van der Waals surface area contributed by atoms with Gasteiger partial charge in [0, 0.05) is 13.2 Å². The minimum absolute atomic E-state index is 0.0266. The van der Waals surface area contributed by atoms with Crippen LogP contribution in [0.2, 0.25) is 0 Å². The number of imidazole rings is 1. The SMILES string of the molecule is Cn1cnc(S(=O)(=O)Nc2ncc(Br)s2)c1. The quantitative estimate of drug-likeness (QED) is 0.927. The van der Waals surface area contributed by atoms with Crippen molar-refractivity contribution in [3.63, 3.8) is 0 Å². The summed E-state index contributed by atoms with van der Waals surface area (Å²) >= 11 is 4.40. The third-order valence-electron chi connectivity index (χ3n) is 1.66. The molecule has 2 heterocycles. The Balaban J connectivity index is 2.27. The molecular weight excluding hydrogens is 316 g/mol. The van der Waals surface area contributed by atoms with Gasteiger partial charge >= 0.3 is 0 Å². The lowest BCUT2D eigenvalue weighted by Gasteiger charge is -2.00. The monoisotopic (exact) mass is 322 g/mol. The van der Waals surface area contributed by atoms with Crippen LogP contribution in [0.15, 0.2) is 27.5 Å². The van der Waals surface area contributed by atoms with E-state index in [1.165, 1.54) is 30.1 Å². The number of nitrogens with zero attached hydrogens (tertiary/aromatic N) is 3. The van der Waals surface area contributed by atoms with Gasteiger partial charge < -0.3 is 4.57 Å². The van der Waals surface area contributed by atoms with Crippen LogP contribution in [0.5, 0.6) is 0 Å². The predicted octanol–water partition coefficient (Wildman–Crippen LogP) is 1.44. The van der Waals surface area contributed by atoms with Gasteiger partial charge in [-0.25, -0.2) is 9.97 Å². The second-order valence-electron chi connectivity index (χ2n) is 2.95. The van der Waals surface area contributed by atoms with Gasteiger partial charge in [0.15, 0.2) is 10.2 Å². The average molecular weight is 323 g/mol. The van der Waals surface area contributed by atoms with Gasteiger partial charge in [0.05, 0.1) is 16.3 Å². The first-order valence-corrected chi connectivity index (χ1v) is 7.19. The van der Waals surface area contributed by atoms with E-state index in [0.717, 1.165) is 3.79 Å². The summed E-state index contributed by atoms with van der Waals surface area (Å²) in [6.07, 6.45) is 4.37. The average Bonchev–Trinajstić information content (AvgIpc) is 2.75. The number of aryl methyl sites for hydroxylation is 1. The van der Waals surface area contributed by atoms with Gasteiger partial charge in [0.2, 0.25) is 0 Å². The number of anilines is 1. The molecule has 16 heavy (non-hydrogen) atoms. The number of rotatable bonds is 3. The lowest BCUT2D eigenvalue weighted by atomic mass is 10.9. The van der Waals surface area contributed by atoms with Crippen LogP contribution in [-0.2, 0) is 17.1 Å². The summed E-state index contributed by atoms with van der Waals surface area (Å²) in [6.45, 7) is 0. The van der Waals surface area contributed by atoms with E-state index in [-0.39, 0.29) is 5.03 Å². The summed E-state index contributed by atoms with van der Waals surface area (Å²) in [5, 5.41) is 0.277. The van der Waals surface area contributed by atoms with E-state index in [4.69, 9.17) is 0 Å². The van der Waals surface area contributed by atoms with Crippen molar-refractivity contribution < 1.29 is 8.42 Å². The van der Waals surface area contributed by atoms with Crippen LogP contribution in [0.3, 0.4) is 0 Å². The van der Waals surface area contributed by atoms with Gasteiger partial charge in [-0.15, -0.1) is 0 Å². The van der Waals surface area contributed by atoms with Crippen molar-refractivity contribution in [1.29, 1.82) is 0 Å². The molecule has 0 aliphatic heterocycles. The number of halogens is 1. The molecule has 0 atom stereocenters. The van der Waals surface area contributed by atoms with E-state index >= 15 is 0 Å². The number of thiazole rings is 1. The molecule has 0 saturated heterocycles. The Morgan fingerprint density at radius 1 is 1.50 bits per heavy atom. The zero-order chi connectivity index (χ0) is 11.8. The normalized spacial score (nSPS) is 11.6. The van der Waals surface area contributed by atoms with Crippen molar-refractivity contribution in [1.82, 2.24) is 14.5 Å². The van der Waals surface area contributed by atoms with Crippen LogP contribution < -0.4 is 4.72 Å². The third-order valence-corrected chi connectivity index (χ3v) is 4.40. The Kier molecular flexibility index (Phi) is 3.00. The molecule has 86 valence electrons. The highest BCUT2D eigenvalue weighted by Crippen LogP contribution is 2.24. The molecule has 0 fully saturated rings. The molecule has 0 amide bonds. The van der Waals surface area contributed by atoms with E-state index < -0.39 is 10.0 Å². The number of sulfonamides is 1. The van der Waals surface area contributed by atoms with Gasteiger partial charge in [0.25, 0.3) is 10.0 Å². The summed E-state index contributed by atoms with van der Waals surface area (Å²) in [6, 6.07) is 0. The fourth-order valence-corrected chi connectivity index (χ4v) is 3.33. The molecule has 1 N–H and O–H groups in total. The van der Waals surface area contributed by atoms with Gasteiger partial charge in [-0.1, -0.05) is 11.3 Å². The molecule has 0 spiro atoms. The molecule has 0 radical (unpaired) electrons. The molecule has 0 aliphatic carbocycles. The minimum Gasteiger partial charge on any atom is -0.339 e. The molecule has 2 aromatic rings. The maximum absolute atomic E-state index is 11.8. The maximum Gasteiger partial charge on any atom is 0.282 e. The van der Waals surface area contributed by atoms with Gasteiger partial charge in [-0.05, 0) is 15.9 Å². The Morgan fingerprint density at radius 2 is 2.25 bits per heavy atom. The van der Waals surface area contributed by atoms with E-state index in [1.807, 2.05) is 0 Å². The van der Waals surface area contributed by atoms with Crippen molar-refractivity contribution in [3.05, 3.63) is 22.5 Å². The molecule has 6 nitrogen and oxygen atoms in total. The molecule has 0 aliphatic rings. The van der Waals surface area contributed by atoms with Gasteiger partial charge in [-0.3, -0.25) is 4.72 Å². The van der Waals surface area contributed by atoms with E-state index in [1.54, 1.807) is 11.6 Å². The van der Waals surface area contributed by atoms with Crippen molar-refractivity contribution >= 4 is 42.4 Å². The Labute approximate surface area is 105 Å². The lowest BCUT2D eigenvalue weighted by Crippen LogP contribution is -2.13. The summed E-state index contributed by atoms with van der Waals surface area (Å²) in [7, 11) is -1.93. The van der Waals surface area contributed by atoms with E-state index in [0.29, 0.717) is 5.13 Å². The van der Waals surface area contributed by atoms with Crippen LogP contribution in [0, 0.1) is 0 Å². The number of hydrogen-bond donors (Lipinski definition) is 1. The predicted molar refractivity (Wildman–Crippen MR) is 63.8 cm³/mol. The van der Waals surface area contributed by atoms with Crippen LogP contribution in [0.1, 0.15) is 0 Å². The molecule has 9 heteroatoms. The number of aromatic nitrogens is 3. The molecular formula is C7H7BrN4O2S2. The second-order valence-corrected chi connectivity index (χ2v) is 6.99. The first kappa shape index (κ1) is 11.6. The molecule has 2 rings (SSSR count). The highest BCUT2D eigenvalue weighted by Gasteiger charge is 2.18. The molecule has 0 unspecified atom stereocenters. The van der Waals surface area contributed by atoms with Crippen LogP contribution in [0.4, 0.5) is 5.13 Å². The minimum atomic E-state index is -3.63. The summed E-state index contributed by atoms with van der Waals surface area (Å²) in [5.41, 5.74) is 0. The molecule has 0 aromatic carbocycles. The zero-order valence-electron chi connectivity index (χ0n) is 8.08. The molecule has 0 saturated carbocycles. The van der Waals surface area contributed by atoms with Gasteiger partial charge in [-0.2, -0.15) is 8.42 Å². The highest BCUT2D eigenvalue weighted by molar-refractivity contribution is 9.11. The summed E-state index contributed by atoms with van der Waals surface area (Å²) in [4.78, 5) is 7.65. The Hall–Kier alpha value is -0.930. The van der Waals surface area contributed by atoms with Crippen molar-refractivity contribution in [2.45, 2.75) is 5.03 Å². The molecule has 2 aromatic heterocycles. The van der Waals surface area contributed by atoms with E-state index in [9.17, 15) is 8.42 Å². The van der Waals surface area contributed by atoms with Crippen molar-refractivity contribution in [3.8, 4) is 0 Å². The lowest BCUT2D eigenvalue weighted by molar-refractivity contribution is 0.598. The van der Waals surface area contributed by atoms with Crippen molar-refractivity contribution in [2.24, 2.45) is 7.05 Å². The topological polar surface area (TPSA) is 76.9 Å². The Morgan fingerprint density at radius 3 is 2.75 bits per heavy atom. The fourth-order valence-electron chi connectivity index (χ4n) is 0.996. The summed E-state index contributed by atoms with van der Waals surface area (Å²) in [5.74, 6) is 0. The molecule has 0 bridgehead atoms.